The van der Waals surface area contributed by atoms with Crippen molar-refractivity contribution in [1.29, 1.82) is 0 Å². The summed E-state index contributed by atoms with van der Waals surface area (Å²) in [6, 6.07) is 0.704. The van der Waals surface area contributed by atoms with Crippen molar-refractivity contribution in [3.8, 4) is 0 Å². The van der Waals surface area contributed by atoms with Crippen molar-refractivity contribution in [2.24, 2.45) is 0 Å². The van der Waals surface area contributed by atoms with Gasteiger partial charge >= 0.3 is 0 Å². The third-order valence-corrected chi connectivity index (χ3v) is 2.93. The van der Waals surface area contributed by atoms with Crippen molar-refractivity contribution in [2.75, 3.05) is 20.1 Å². The highest BCUT2D eigenvalue weighted by Crippen LogP contribution is 2.08. The van der Waals surface area contributed by atoms with Gasteiger partial charge in [-0.15, -0.1) is 0 Å². The molecule has 1 fully saturated rings. The molecule has 78 valence electrons. The maximum atomic E-state index is 4.17. The van der Waals surface area contributed by atoms with Crippen molar-refractivity contribution in [1.82, 2.24) is 19.8 Å². The van der Waals surface area contributed by atoms with Gasteiger partial charge in [-0.2, -0.15) is 0 Å². The topological polar surface area (TPSA) is 33.1 Å². The summed E-state index contributed by atoms with van der Waals surface area (Å²) in [7, 11) is 2.18. The molecular formula is C10H18N4. The van der Waals surface area contributed by atoms with Crippen LogP contribution < -0.4 is 5.32 Å². The van der Waals surface area contributed by atoms with E-state index in [-0.39, 0.29) is 0 Å². The Hall–Kier alpha value is -0.870. The van der Waals surface area contributed by atoms with E-state index < -0.39 is 0 Å². The van der Waals surface area contributed by atoms with E-state index in [0.29, 0.717) is 6.04 Å². The molecule has 14 heavy (non-hydrogen) atoms. The quantitative estimate of drug-likeness (QED) is 0.748. The van der Waals surface area contributed by atoms with Gasteiger partial charge < -0.3 is 9.88 Å². The Balaban J connectivity index is 1.95. The average molecular weight is 194 g/mol. The van der Waals surface area contributed by atoms with Crippen LogP contribution in [0.25, 0.3) is 0 Å². The first-order chi connectivity index (χ1) is 6.81. The lowest BCUT2D eigenvalue weighted by molar-refractivity contribution is 0.169. The van der Waals surface area contributed by atoms with E-state index in [4.69, 9.17) is 0 Å². The Labute approximate surface area is 84.9 Å². The number of hydrogen-bond donors (Lipinski definition) is 1. The highest BCUT2D eigenvalue weighted by molar-refractivity contribution is 4.99. The van der Waals surface area contributed by atoms with E-state index in [1.165, 1.54) is 5.69 Å². The second-order valence-electron chi connectivity index (χ2n) is 3.90. The average Bonchev–Trinajstić information content (AvgIpc) is 2.48. The second kappa shape index (κ2) is 4.11. The summed E-state index contributed by atoms with van der Waals surface area (Å²) in [5.74, 6) is 0. The molecule has 0 spiro atoms. The molecule has 0 unspecified atom stereocenters. The van der Waals surface area contributed by atoms with Gasteiger partial charge in [0.25, 0.3) is 0 Å². The fraction of sp³-hybridized carbons (Fsp3) is 0.700. The molecule has 0 bridgehead atoms. The normalized spacial score (nSPS) is 17.4. The Morgan fingerprint density at radius 1 is 1.64 bits per heavy atom. The first-order valence-electron chi connectivity index (χ1n) is 5.21. The van der Waals surface area contributed by atoms with E-state index >= 15 is 0 Å². The van der Waals surface area contributed by atoms with Crippen molar-refractivity contribution < 1.29 is 0 Å². The van der Waals surface area contributed by atoms with Crippen molar-refractivity contribution >= 4 is 0 Å². The van der Waals surface area contributed by atoms with Gasteiger partial charge in [0, 0.05) is 38.4 Å². The number of rotatable bonds is 4. The number of nitrogens with zero attached hydrogens (tertiary/aromatic N) is 3. The lowest BCUT2D eigenvalue weighted by atomic mass is 10.1. The highest BCUT2D eigenvalue weighted by atomic mass is 15.2. The molecule has 0 amide bonds. The molecule has 1 saturated heterocycles. The number of nitrogens with one attached hydrogen (secondary N) is 1. The molecule has 2 heterocycles. The third-order valence-electron chi connectivity index (χ3n) is 2.93. The maximum absolute atomic E-state index is 4.17. The van der Waals surface area contributed by atoms with E-state index in [0.717, 1.165) is 26.2 Å². The lowest BCUT2D eigenvalue weighted by Gasteiger charge is -2.35. The van der Waals surface area contributed by atoms with Crippen LogP contribution in [0.1, 0.15) is 12.6 Å². The van der Waals surface area contributed by atoms with Gasteiger partial charge in [-0.3, -0.25) is 4.90 Å². The number of imidazole rings is 1. The van der Waals surface area contributed by atoms with Gasteiger partial charge in [-0.1, -0.05) is 0 Å². The molecule has 0 saturated carbocycles. The van der Waals surface area contributed by atoms with Crippen LogP contribution in [-0.2, 0) is 13.1 Å². The highest BCUT2D eigenvalue weighted by Gasteiger charge is 2.21. The Kier molecular flexibility index (Phi) is 2.84. The predicted molar refractivity (Wildman–Crippen MR) is 56.0 cm³/mol. The standard InChI is InChI=1S/C10H18N4/c1-3-14-8-12-6-10(14)7-13(2)9-4-11-5-9/h6,8-9,11H,3-5,7H2,1-2H3. The van der Waals surface area contributed by atoms with Crippen molar-refractivity contribution in [3.63, 3.8) is 0 Å². The van der Waals surface area contributed by atoms with Crippen LogP contribution in [0.4, 0.5) is 0 Å². The Morgan fingerprint density at radius 2 is 2.43 bits per heavy atom. The molecule has 4 nitrogen and oxygen atoms in total. The van der Waals surface area contributed by atoms with Gasteiger partial charge in [-0.05, 0) is 14.0 Å². The summed E-state index contributed by atoms with van der Waals surface area (Å²) in [6.07, 6.45) is 3.87. The van der Waals surface area contributed by atoms with Gasteiger partial charge in [0.15, 0.2) is 0 Å². The number of aromatic nitrogens is 2. The molecule has 0 aromatic carbocycles. The summed E-state index contributed by atoms with van der Waals surface area (Å²) in [5.41, 5.74) is 1.31. The molecule has 1 N–H and O–H groups in total. The van der Waals surface area contributed by atoms with Crippen LogP contribution >= 0.6 is 0 Å². The number of aryl methyl sites for hydroxylation is 1. The minimum Gasteiger partial charge on any atom is -0.334 e. The molecule has 1 aromatic rings. The molecular weight excluding hydrogens is 176 g/mol. The van der Waals surface area contributed by atoms with Gasteiger partial charge in [0.05, 0.1) is 12.0 Å². The smallest absolute Gasteiger partial charge is 0.0948 e. The summed E-state index contributed by atoms with van der Waals surface area (Å²) in [6.45, 7) is 6.40. The van der Waals surface area contributed by atoms with Crippen LogP contribution in [0.3, 0.4) is 0 Å². The Morgan fingerprint density at radius 3 is 3.00 bits per heavy atom. The Bertz CT molecular complexity index is 290. The molecule has 2 rings (SSSR count). The molecule has 4 heteroatoms. The zero-order valence-corrected chi connectivity index (χ0v) is 8.90. The fourth-order valence-electron chi connectivity index (χ4n) is 1.73. The first-order valence-corrected chi connectivity index (χ1v) is 5.21. The number of likely N-dealkylation sites (N-methyl/N-ethyl adjacent to an activating group) is 1. The largest absolute Gasteiger partial charge is 0.334 e. The third kappa shape index (κ3) is 1.81. The monoisotopic (exact) mass is 194 g/mol. The number of hydrogen-bond acceptors (Lipinski definition) is 3. The molecule has 1 aliphatic rings. The van der Waals surface area contributed by atoms with Crippen LogP contribution in [0, 0.1) is 0 Å². The predicted octanol–water partition coefficient (Wildman–Crippen LogP) is 0.307. The summed E-state index contributed by atoms with van der Waals surface area (Å²) >= 11 is 0. The van der Waals surface area contributed by atoms with Crippen LogP contribution in [0.15, 0.2) is 12.5 Å². The van der Waals surface area contributed by atoms with E-state index in [9.17, 15) is 0 Å². The van der Waals surface area contributed by atoms with Gasteiger partial charge in [0.1, 0.15) is 0 Å². The summed E-state index contributed by atoms with van der Waals surface area (Å²) < 4.78 is 2.20. The van der Waals surface area contributed by atoms with E-state index in [1.807, 2.05) is 12.5 Å². The summed E-state index contributed by atoms with van der Waals surface area (Å²) in [5, 5.41) is 3.29. The minimum atomic E-state index is 0.704. The van der Waals surface area contributed by atoms with Crippen molar-refractivity contribution in [3.05, 3.63) is 18.2 Å². The maximum Gasteiger partial charge on any atom is 0.0948 e. The van der Waals surface area contributed by atoms with E-state index in [1.54, 1.807) is 0 Å². The lowest BCUT2D eigenvalue weighted by Crippen LogP contribution is -2.55. The van der Waals surface area contributed by atoms with Gasteiger partial charge in [0.2, 0.25) is 0 Å². The van der Waals surface area contributed by atoms with Gasteiger partial charge in [-0.25, -0.2) is 4.98 Å². The molecule has 0 radical (unpaired) electrons. The molecule has 0 atom stereocenters. The van der Waals surface area contributed by atoms with Crippen LogP contribution in [0.5, 0.6) is 0 Å². The minimum absolute atomic E-state index is 0.704. The molecule has 0 aliphatic carbocycles. The van der Waals surface area contributed by atoms with E-state index in [2.05, 4.69) is 33.7 Å². The second-order valence-corrected chi connectivity index (χ2v) is 3.90. The van der Waals surface area contributed by atoms with Crippen LogP contribution in [-0.4, -0.2) is 40.6 Å². The fourth-order valence-corrected chi connectivity index (χ4v) is 1.73. The molecule has 1 aromatic heterocycles. The SMILES string of the molecule is CCn1cncc1CN(C)C1CNC1. The summed E-state index contributed by atoms with van der Waals surface area (Å²) in [4.78, 5) is 6.56. The first kappa shape index (κ1) is 9.68. The zero-order valence-electron chi connectivity index (χ0n) is 8.90. The zero-order chi connectivity index (χ0) is 9.97. The van der Waals surface area contributed by atoms with Crippen molar-refractivity contribution in [2.45, 2.75) is 26.1 Å². The molecule has 1 aliphatic heterocycles. The van der Waals surface area contributed by atoms with Crippen LogP contribution in [0.2, 0.25) is 0 Å².